The van der Waals surface area contributed by atoms with E-state index >= 15 is 0 Å². The number of ether oxygens (including phenoxy) is 3. The molecule has 0 bridgehead atoms. The molecule has 3 aromatic rings. The first kappa shape index (κ1) is 23.9. The van der Waals surface area contributed by atoms with E-state index in [0.717, 1.165) is 72.1 Å². The lowest BCUT2D eigenvalue weighted by atomic mass is 10.0. The van der Waals surface area contributed by atoms with E-state index in [1.165, 1.54) is 0 Å². The van der Waals surface area contributed by atoms with Gasteiger partial charge in [0.25, 0.3) is 5.91 Å². The number of piperidine rings is 1. The molecule has 7 heteroatoms. The number of aromatic nitrogens is 1. The Morgan fingerprint density at radius 1 is 0.972 bits per heavy atom. The predicted molar refractivity (Wildman–Crippen MR) is 138 cm³/mol. The van der Waals surface area contributed by atoms with E-state index < -0.39 is 5.97 Å². The maximum absolute atomic E-state index is 13.4. The summed E-state index contributed by atoms with van der Waals surface area (Å²) in [6.07, 6.45) is 6.63. The van der Waals surface area contributed by atoms with Crippen molar-refractivity contribution >= 4 is 34.4 Å². The molecule has 0 radical (unpaired) electrons. The molecule has 1 saturated heterocycles. The van der Waals surface area contributed by atoms with E-state index in [2.05, 4.69) is 6.08 Å². The first-order valence-corrected chi connectivity index (χ1v) is 12.4. The molecule has 36 heavy (non-hydrogen) atoms. The van der Waals surface area contributed by atoms with Gasteiger partial charge in [0.2, 0.25) is 0 Å². The van der Waals surface area contributed by atoms with Crippen LogP contribution in [-0.4, -0.2) is 55.7 Å². The van der Waals surface area contributed by atoms with E-state index in [9.17, 15) is 9.59 Å². The van der Waals surface area contributed by atoms with Crippen LogP contribution in [0.4, 0.5) is 0 Å². The quantitative estimate of drug-likeness (QED) is 0.461. The summed E-state index contributed by atoms with van der Waals surface area (Å²) >= 11 is 0. The number of benzene rings is 2. The van der Waals surface area contributed by atoms with Crippen LogP contribution in [0, 0.1) is 0 Å². The maximum atomic E-state index is 13.4. The topological polar surface area (TPSA) is 78.0 Å². The Kier molecular flexibility index (Phi) is 6.89. The molecule has 7 nitrogen and oxygen atoms in total. The molecule has 1 aliphatic heterocycles. The van der Waals surface area contributed by atoms with Gasteiger partial charge in [0.15, 0.2) is 18.1 Å². The highest BCUT2D eigenvalue weighted by molar-refractivity contribution is 6.07. The van der Waals surface area contributed by atoms with Gasteiger partial charge in [-0.1, -0.05) is 24.3 Å². The molecule has 1 aromatic heterocycles. The minimum absolute atomic E-state index is 0.132. The monoisotopic (exact) mass is 486 g/mol. The molecule has 2 aromatic carbocycles. The number of pyridine rings is 1. The summed E-state index contributed by atoms with van der Waals surface area (Å²) in [5, 5.41) is 0.749. The number of methoxy groups -OCH3 is 2. The number of hydrogen-bond donors (Lipinski definition) is 0. The van der Waals surface area contributed by atoms with Gasteiger partial charge in [-0.2, -0.15) is 0 Å². The van der Waals surface area contributed by atoms with Crippen LogP contribution in [0.25, 0.3) is 22.6 Å². The van der Waals surface area contributed by atoms with Gasteiger partial charge in [-0.05, 0) is 73.1 Å². The lowest BCUT2D eigenvalue weighted by Gasteiger charge is -2.26. The summed E-state index contributed by atoms with van der Waals surface area (Å²) in [7, 11) is 3.22. The molecule has 5 rings (SSSR count). The molecule has 1 amide bonds. The number of likely N-dealkylation sites (tertiary alicyclic amines) is 1. The van der Waals surface area contributed by atoms with E-state index in [-0.39, 0.29) is 12.5 Å². The second-order valence-corrected chi connectivity index (χ2v) is 9.13. The summed E-state index contributed by atoms with van der Waals surface area (Å²) in [4.78, 5) is 32.6. The molecule has 2 aliphatic rings. The molecule has 1 fully saturated rings. The Balaban J connectivity index is 1.47. The van der Waals surface area contributed by atoms with Gasteiger partial charge in [-0.15, -0.1) is 0 Å². The van der Waals surface area contributed by atoms with Crippen LogP contribution in [0.15, 0.2) is 42.5 Å². The number of hydrogen-bond acceptors (Lipinski definition) is 6. The van der Waals surface area contributed by atoms with Gasteiger partial charge >= 0.3 is 5.97 Å². The third-order valence-corrected chi connectivity index (χ3v) is 6.93. The first-order valence-electron chi connectivity index (χ1n) is 12.4. The molecule has 0 spiro atoms. The van der Waals surface area contributed by atoms with Crippen LogP contribution in [0.3, 0.4) is 0 Å². The smallest absolute Gasteiger partial charge is 0.339 e. The van der Waals surface area contributed by atoms with Crippen molar-refractivity contribution in [1.29, 1.82) is 0 Å². The highest BCUT2D eigenvalue weighted by atomic mass is 16.5. The average Bonchev–Trinajstić information content (AvgIpc) is 3.32. The second kappa shape index (κ2) is 10.4. The van der Waals surface area contributed by atoms with Gasteiger partial charge in [0.05, 0.1) is 31.0 Å². The van der Waals surface area contributed by atoms with Crippen LogP contribution in [0.2, 0.25) is 0 Å². The van der Waals surface area contributed by atoms with E-state index in [0.29, 0.717) is 23.5 Å². The fourth-order valence-electron chi connectivity index (χ4n) is 5.09. The SMILES string of the molecule is COc1ccc(C=C2CCc3c2nc2ccccc2c3C(=O)OCC(=O)N2CCCCC2)cc1OC. The van der Waals surface area contributed by atoms with Crippen molar-refractivity contribution in [3.8, 4) is 11.5 Å². The second-order valence-electron chi connectivity index (χ2n) is 9.13. The van der Waals surface area contributed by atoms with Crippen molar-refractivity contribution in [1.82, 2.24) is 9.88 Å². The summed E-state index contributed by atoms with van der Waals surface area (Å²) < 4.78 is 16.4. The molecule has 2 heterocycles. The highest BCUT2D eigenvalue weighted by Gasteiger charge is 2.28. The minimum atomic E-state index is -0.470. The fraction of sp³-hybridized carbons (Fsp3) is 0.345. The third-order valence-electron chi connectivity index (χ3n) is 6.93. The molecular weight excluding hydrogens is 456 g/mol. The van der Waals surface area contributed by atoms with E-state index in [1.807, 2.05) is 42.5 Å². The number of nitrogens with zero attached hydrogens (tertiary/aromatic N) is 2. The van der Waals surface area contributed by atoms with Crippen LogP contribution in [0.5, 0.6) is 11.5 Å². The number of carbonyl (C=O) groups excluding carboxylic acids is 2. The first-order chi connectivity index (χ1) is 17.6. The summed E-state index contributed by atoms with van der Waals surface area (Å²) in [6, 6.07) is 13.3. The number of esters is 1. The average molecular weight is 487 g/mol. The van der Waals surface area contributed by atoms with E-state index in [4.69, 9.17) is 19.2 Å². The molecule has 0 N–H and O–H groups in total. The third kappa shape index (κ3) is 4.65. The highest BCUT2D eigenvalue weighted by Crippen LogP contribution is 2.38. The van der Waals surface area contributed by atoms with Gasteiger partial charge in [-0.25, -0.2) is 9.78 Å². The van der Waals surface area contributed by atoms with Crippen molar-refractivity contribution in [2.75, 3.05) is 33.9 Å². The zero-order valence-electron chi connectivity index (χ0n) is 20.7. The summed E-state index contributed by atoms with van der Waals surface area (Å²) in [6.45, 7) is 1.22. The lowest BCUT2D eigenvalue weighted by molar-refractivity contribution is -0.135. The Hall–Kier alpha value is -3.87. The number of fused-ring (bicyclic) bond motifs is 2. The molecule has 0 atom stereocenters. The van der Waals surface area contributed by atoms with Crippen LogP contribution in [-0.2, 0) is 16.0 Å². The van der Waals surface area contributed by atoms with Crippen LogP contribution in [0.1, 0.15) is 52.9 Å². The normalized spacial score (nSPS) is 16.2. The summed E-state index contributed by atoms with van der Waals surface area (Å²) in [5.41, 5.74) is 4.92. The van der Waals surface area contributed by atoms with Crippen molar-refractivity contribution in [2.24, 2.45) is 0 Å². The Bertz CT molecular complexity index is 1340. The van der Waals surface area contributed by atoms with Gasteiger partial charge in [0, 0.05) is 18.5 Å². The number of rotatable bonds is 6. The Morgan fingerprint density at radius 2 is 1.75 bits per heavy atom. The predicted octanol–water partition coefficient (Wildman–Crippen LogP) is 4.91. The summed E-state index contributed by atoms with van der Waals surface area (Å²) in [5.74, 6) is 0.716. The van der Waals surface area contributed by atoms with Crippen molar-refractivity contribution < 1.29 is 23.8 Å². The maximum Gasteiger partial charge on any atom is 0.339 e. The fourth-order valence-corrected chi connectivity index (χ4v) is 5.09. The molecular formula is C29H30N2O5. The number of carbonyl (C=O) groups is 2. The molecule has 0 unspecified atom stereocenters. The molecule has 186 valence electrons. The number of allylic oxidation sites excluding steroid dienone is 1. The Labute approximate surface area is 210 Å². The minimum Gasteiger partial charge on any atom is -0.493 e. The lowest BCUT2D eigenvalue weighted by Crippen LogP contribution is -2.38. The standard InChI is InChI=1S/C29H30N2O5/c1-34-24-13-10-19(17-25(24)35-2)16-20-11-12-22-27(21-8-4-5-9-23(21)30-28(20)22)29(33)36-18-26(32)31-14-6-3-7-15-31/h4-5,8-10,13,16-17H,3,6-7,11-12,14-15,18H2,1-2H3. The van der Waals surface area contributed by atoms with Crippen molar-refractivity contribution in [3.05, 3.63) is 64.8 Å². The number of para-hydroxylation sites is 1. The van der Waals surface area contributed by atoms with Gasteiger partial charge < -0.3 is 19.1 Å². The molecule has 0 saturated carbocycles. The van der Waals surface area contributed by atoms with Crippen LogP contribution < -0.4 is 9.47 Å². The number of amides is 1. The molecule has 1 aliphatic carbocycles. The zero-order valence-corrected chi connectivity index (χ0v) is 20.7. The van der Waals surface area contributed by atoms with Crippen molar-refractivity contribution in [3.63, 3.8) is 0 Å². The van der Waals surface area contributed by atoms with Gasteiger partial charge in [0.1, 0.15) is 0 Å². The Morgan fingerprint density at radius 3 is 2.53 bits per heavy atom. The largest absolute Gasteiger partial charge is 0.493 e. The zero-order chi connectivity index (χ0) is 25.1. The van der Waals surface area contributed by atoms with Crippen molar-refractivity contribution in [2.45, 2.75) is 32.1 Å². The van der Waals surface area contributed by atoms with Crippen LogP contribution >= 0.6 is 0 Å². The van der Waals surface area contributed by atoms with E-state index in [1.54, 1.807) is 19.1 Å². The van der Waals surface area contributed by atoms with Gasteiger partial charge in [-0.3, -0.25) is 4.79 Å².